The van der Waals surface area contributed by atoms with Crippen molar-refractivity contribution in [2.45, 2.75) is 44.7 Å². The van der Waals surface area contributed by atoms with Gasteiger partial charge in [-0.3, -0.25) is 0 Å². The number of fused-ring (bicyclic) bond motifs is 1. The molecule has 3 aromatic rings. The predicted molar refractivity (Wildman–Crippen MR) is 107 cm³/mol. The van der Waals surface area contributed by atoms with E-state index >= 15 is 0 Å². The number of halogens is 1. The Morgan fingerprint density at radius 1 is 1.46 bits per heavy atom. The minimum Gasteiger partial charge on any atom is -0.363 e. The Kier molecular flexibility index (Phi) is 4.86. The molecule has 3 N–H and O–H groups in total. The first-order valence-electron chi connectivity index (χ1n) is 8.71. The Morgan fingerprint density at radius 2 is 2.35 bits per heavy atom. The van der Waals surface area contributed by atoms with E-state index in [0.29, 0.717) is 12.5 Å². The third-order valence-corrected chi connectivity index (χ3v) is 5.89. The largest absolute Gasteiger partial charge is 0.363 e. The molecule has 1 aliphatic carbocycles. The highest BCUT2D eigenvalue weighted by atomic mass is 35.5. The summed E-state index contributed by atoms with van der Waals surface area (Å²) in [5.74, 6) is 7.22. The van der Waals surface area contributed by atoms with E-state index in [2.05, 4.69) is 44.8 Å². The van der Waals surface area contributed by atoms with E-state index in [1.54, 1.807) is 11.3 Å². The summed E-state index contributed by atoms with van der Waals surface area (Å²) in [4.78, 5) is 5.64. The van der Waals surface area contributed by atoms with Crippen LogP contribution < -0.4 is 11.1 Å². The summed E-state index contributed by atoms with van der Waals surface area (Å²) >= 11 is 7.91. The Labute approximate surface area is 161 Å². The lowest BCUT2D eigenvalue weighted by Crippen LogP contribution is -2.23. The summed E-state index contributed by atoms with van der Waals surface area (Å²) in [6, 6.07) is 6.42. The molecule has 0 spiro atoms. The topological polar surface area (TPSA) is 68.2 Å². The molecule has 7 heteroatoms. The molecule has 5 nitrogen and oxygen atoms in total. The second kappa shape index (κ2) is 7.28. The van der Waals surface area contributed by atoms with Gasteiger partial charge in [-0.15, -0.1) is 16.4 Å². The number of hydrogen-bond donors (Lipinski definition) is 2. The fraction of sp³-hybridized carbons (Fsp3) is 0.368. The summed E-state index contributed by atoms with van der Waals surface area (Å²) in [5.41, 5.74) is 9.26. The minimum atomic E-state index is 0.163. The Hall–Kier alpha value is -2.07. The van der Waals surface area contributed by atoms with Crippen molar-refractivity contribution >= 4 is 34.3 Å². The number of thiophene rings is 1. The number of nitrogens with two attached hydrogens (primary N) is 1. The van der Waals surface area contributed by atoms with Crippen LogP contribution in [0.3, 0.4) is 0 Å². The normalized spacial score (nSPS) is 19.5. The third-order valence-electron chi connectivity index (χ3n) is 4.86. The predicted octanol–water partition coefficient (Wildman–Crippen LogP) is 4.02. The van der Waals surface area contributed by atoms with Crippen molar-refractivity contribution in [2.75, 3.05) is 5.32 Å². The number of hydrogen-bond acceptors (Lipinski definition) is 5. The highest BCUT2D eigenvalue weighted by Gasteiger charge is 2.30. The highest BCUT2D eigenvalue weighted by Crippen LogP contribution is 2.37. The van der Waals surface area contributed by atoms with Crippen LogP contribution in [0.5, 0.6) is 0 Å². The average Bonchev–Trinajstić information content (AvgIpc) is 3.34. The zero-order chi connectivity index (χ0) is 18.1. The van der Waals surface area contributed by atoms with Gasteiger partial charge in [0, 0.05) is 16.8 Å². The SMILES string of the molecule is CC#Cc1c([C@H]2CCC[C@@H]2N)cc2c(NCc3cccs3)nc(Cl)nn12. The maximum atomic E-state index is 6.35. The molecular formula is C19H20ClN5S. The van der Waals surface area contributed by atoms with E-state index in [1.165, 1.54) is 4.88 Å². The minimum absolute atomic E-state index is 0.163. The van der Waals surface area contributed by atoms with Gasteiger partial charge in [0.15, 0.2) is 5.82 Å². The molecule has 1 aliphatic rings. The van der Waals surface area contributed by atoms with Gasteiger partial charge in [0.05, 0.1) is 6.54 Å². The van der Waals surface area contributed by atoms with Gasteiger partial charge < -0.3 is 11.1 Å². The van der Waals surface area contributed by atoms with Gasteiger partial charge in [0.1, 0.15) is 11.2 Å². The molecule has 1 saturated carbocycles. The molecule has 4 rings (SSSR count). The molecule has 0 aliphatic heterocycles. The lowest BCUT2D eigenvalue weighted by atomic mass is 9.94. The highest BCUT2D eigenvalue weighted by molar-refractivity contribution is 7.09. The second-order valence-electron chi connectivity index (χ2n) is 6.48. The van der Waals surface area contributed by atoms with Gasteiger partial charge in [0.25, 0.3) is 0 Å². The Balaban J connectivity index is 1.81. The van der Waals surface area contributed by atoms with E-state index in [9.17, 15) is 0 Å². The number of nitrogens with one attached hydrogen (secondary N) is 1. The van der Waals surface area contributed by atoms with Crippen molar-refractivity contribution in [1.82, 2.24) is 14.6 Å². The summed E-state index contributed by atoms with van der Waals surface area (Å²) in [6.45, 7) is 2.52. The summed E-state index contributed by atoms with van der Waals surface area (Å²) < 4.78 is 1.81. The molecule has 3 heterocycles. The third kappa shape index (κ3) is 3.18. The smallest absolute Gasteiger partial charge is 0.243 e. The lowest BCUT2D eigenvalue weighted by molar-refractivity contribution is 0.611. The fourth-order valence-electron chi connectivity index (χ4n) is 3.66. The van der Waals surface area contributed by atoms with Crippen LogP contribution in [-0.2, 0) is 6.54 Å². The molecule has 0 aromatic carbocycles. The van der Waals surface area contributed by atoms with Gasteiger partial charge in [0.2, 0.25) is 5.28 Å². The molecule has 0 bridgehead atoms. The van der Waals surface area contributed by atoms with Crippen LogP contribution in [0, 0.1) is 11.8 Å². The van der Waals surface area contributed by atoms with Crippen molar-refractivity contribution in [3.63, 3.8) is 0 Å². The van der Waals surface area contributed by atoms with Gasteiger partial charge in [-0.2, -0.15) is 4.98 Å². The van der Waals surface area contributed by atoms with Gasteiger partial charge in [-0.25, -0.2) is 4.52 Å². The molecule has 0 saturated heterocycles. The zero-order valence-electron chi connectivity index (χ0n) is 14.5. The van der Waals surface area contributed by atoms with Crippen molar-refractivity contribution in [2.24, 2.45) is 5.73 Å². The van der Waals surface area contributed by atoms with Crippen molar-refractivity contribution < 1.29 is 0 Å². The maximum Gasteiger partial charge on any atom is 0.243 e. The van der Waals surface area contributed by atoms with Crippen LogP contribution in [0.15, 0.2) is 23.6 Å². The van der Waals surface area contributed by atoms with E-state index < -0.39 is 0 Å². The monoisotopic (exact) mass is 385 g/mol. The fourth-order valence-corrected chi connectivity index (χ4v) is 4.47. The van der Waals surface area contributed by atoms with Crippen LogP contribution in [0.4, 0.5) is 5.82 Å². The zero-order valence-corrected chi connectivity index (χ0v) is 16.1. The maximum absolute atomic E-state index is 6.35. The first-order chi connectivity index (χ1) is 12.7. The summed E-state index contributed by atoms with van der Waals surface area (Å²) in [7, 11) is 0. The molecule has 26 heavy (non-hydrogen) atoms. The quantitative estimate of drug-likeness (QED) is 0.665. The molecule has 3 aromatic heterocycles. The van der Waals surface area contributed by atoms with Crippen LogP contribution in [0.1, 0.15) is 48.2 Å². The van der Waals surface area contributed by atoms with E-state index in [1.807, 2.05) is 17.5 Å². The van der Waals surface area contributed by atoms with Gasteiger partial charge in [-0.05, 0) is 60.4 Å². The number of aromatic nitrogens is 3. The first kappa shape index (κ1) is 17.3. The van der Waals surface area contributed by atoms with Crippen LogP contribution >= 0.6 is 22.9 Å². The Morgan fingerprint density at radius 3 is 3.04 bits per heavy atom. The van der Waals surface area contributed by atoms with Crippen LogP contribution in [-0.4, -0.2) is 20.6 Å². The van der Waals surface area contributed by atoms with Crippen molar-refractivity contribution in [3.05, 3.63) is 45.0 Å². The van der Waals surface area contributed by atoms with Crippen molar-refractivity contribution in [3.8, 4) is 11.8 Å². The lowest BCUT2D eigenvalue weighted by Gasteiger charge is -2.14. The molecule has 0 radical (unpaired) electrons. The van der Waals surface area contributed by atoms with Gasteiger partial charge in [-0.1, -0.05) is 18.4 Å². The second-order valence-corrected chi connectivity index (χ2v) is 7.85. The molecule has 2 atom stereocenters. The summed E-state index contributed by atoms with van der Waals surface area (Å²) in [6.07, 6.45) is 3.27. The van der Waals surface area contributed by atoms with E-state index in [-0.39, 0.29) is 11.3 Å². The number of nitrogens with zero attached hydrogens (tertiary/aromatic N) is 3. The Bertz CT molecular complexity index is 983. The van der Waals surface area contributed by atoms with Crippen molar-refractivity contribution in [1.29, 1.82) is 0 Å². The van der Waals surface area contributed by atoms with Crippen LogP contribution in [0.2, 0.25) is 5.28 Å². The molecule has 134 valence electrons. The van der Waals surface area contributed by atoms with E-state index in [4.69, 9.17) is 17.3 Å². The summed E-state index contributed by atoms with van der Waals surface area (Å²) in [5, 5.41) is 10.1. The first-order valence-corrected chi connectivity index (χ1v) is 9.97. The number of anilines is 1. The van der Waals surface area contributed by atoms with Gasteiger partial charge >= 0.3 is 0 Å². The molecular weight excluding hydrogens is 366 g/mol. The number of rotatable bonds is 4. The molecule has 0 amide bonds. The molecule has 0 unspecified atom stereocenters. The van der Waals surface area contributed by atoms with Crippen LogP contribution in [0.25, 0.3) is 5.52 Å². The average molecular weight is 386 g/mol. The molecule has 1 fully saturated rings. The standard InChI is InChI=1S/C19H20ClN5S/c1-2-5-16-14(13-7-3-8-15(13)21)10-17-18(23-19(20)24-25(16)17)22-11-12-6-4-9-26-12/h4,6,9-10,13,15H,3,7-8,11,21H2,1H3,(H,22,23,24)/t13-,15+/m1/s1. The van der Waals surface area contributed by atoms with E-state index in [0.717, 1.165) is 41.9 Å².